The molecule has 0 radical (unpaired) electrons. The van der Waals surface area contributed by atoms with Crippen LogP contribution in [0.25, 0.3) is 28.2 Å². The molecule has 3 N–H and O–H groups in total. The van der Waals surface area contributed by atoms with E-state index in [1.54, 1.807) is 23.1 Å². The fourth-order valence-electron chi connectivity index (χ4n) is 4.81. The van der Waals surface area contributed by atoms with Gasteiger partial charge in [-0.15, -0.1) is 0 Å². The zero-order chi connectivity index (χ0) is 26.2. The molecule has 1 amide bonds. The molecule has 190 valence electrons. The number of carbonyl (C=O) groups is 1. The summed E-state index contributed by atoms with van der Waals surface area (Å²) in [6.07, 6.45) is 7.24. The van der Waals surface area contributed by atoms with Gasteiger partial charge in [-0.3, -0.25) is 0 Å². The number of ether oxygens (including phenoxy) is 1. The normalized spacial score (nSPS) is 19.6. The van der Waals surface area contributed by atoms with Crippen LogP contribution < -0.4 is 11.1 Å². The van der Waals surface area contributed by atoms with Crippen molar-refractivity contribution in [3.8, 4) is 23.2 Å². The van der Waals surface area contributed by atoms with Crippen LogP contribution in [0.1, 0.15) is 63.6 Å². The van der Waals surface area contributed by atoms with Gasteiger partial charge in [0.1, 0.15) is 11.7 Å². The third-order valence-corrected chi connectivity index (χ3v) is 6.69. The number of anilines is 1. The van der Waals surface area contributed by atoms with E-state index in [0.29, 0.717) is 35.6 Å². The molecule has 0 bridgehead atoms. The number of nitrogens with one attached hydrogen (secondary N) is 1. The summed E-state index contributed by atoms with van der Waals surface area (Å²) < 4.78 is 12.7. The maximum Gasteiger partial charge on any atom is 0.405 e. The highest BCUT2D eigenvalue weighted by Crippen LogP contribution is 2.41. The Labute approximate surface area is 213 Å². The molecule has 1 aliphatic rings. The van der Waals surface area contributed by atoms with Gasteiger partial charge in [-0.25, -0.2) is 14.8 Å². The van der Waals surface area contributed by atoms with Gasteiger partial charge in [-0.2, -0.15) is 15.0 Å². The zero-order valence-electron chi connectivity index (χ0n) is 20.9. The maximum atomic E-state index is 11.2. The van der Waals surface area contributed by atoms with Gasteiger partial charge in [0, 0.05) is 41.9 Å². The number of nitrogens with zero attached hydrogens (tertiary/aromatic N) is 6. The van der Waals surface area contributed by atoms with E-state index in [0.717, 1.165) is 35.2 Å². The minimum atomic E-state index is -0.739. The van der Waals surface area contributed by atoms with Crippen molar-refractivity contribution in [2.24, 2.45) is 5.73 Å². The van der Waals surface area contributed by atoms with Crippen LogP contribution in [-0.4, -0.2) is 42.6 Å². The van der Waals surface area contributed by atoms with Gasteiger partial charge in [0.2, 0.25) is 0 Å². The van der Waals surface area contributed by atoms with Crippen LogP contribution in [-0.2, 0) is 4.74 Å². The van der Waals surface area contributed by atoms with E-state index in [1.165, 1.54) is 6.20 Å². The zero-order valence-corrected chi connectivity index (χ0v) is 20.9. The number of hydrogen-bond donors (Lipinski definition) is 2. The van der Waals surface area contributed by atoms with Gasteiger partial charge >= 0.3 is 6.09 Å². The second kappa shape index (κ2) is 9.54. The fraction of sp³-hybridized carbons (Fsp3) is 0.385. The van der Waals surface area contributed by atoms with Crippen molar-refractivity contribution >= 4 is 22.8 Å². The molecular weight excluding hydrogens is 472 g/mol. The number of aromatic nitrogens is 5. The molecule has 1 saturated carbocycles. The third kappa shape index (κ3) is 4.95. The molecule has 1 fully saturated rings. The van der Waals surface area contributed by atoms with Gasteiger partial charge in [0.25, 0.3) is 0 Å². The Bertz CT molecular complexity index is 1490. The van der Waals surface area contributed by atoms with Crippen LogP contribution in [0.3, 0.4) is 0 Å². The lowest BCUT2D eigenvalue weighted by Gasteiger charge is -2.35. The first kappa shape index (κ1) is 24.2. The summed E-state index contributed by atoms with van der Waals surface area (Å²) in [5.74, 6) is 1.40. The number of nitrogens with two attached hydrogens (primary N) is 1. The monoisotopic (exact) mass is 500 g/mol. The highest BCUT2D eigenvalue weighted by atomic mass is 16.6. The number of carbonyl (C=O) groups excluding carboxylic acids is 1. The molecule has 0 aromatic carbocycles. The Morgan fingerprint density at radius 3 is 2.73 bits per heavy atom. The number of pyridine rings is 2. The Kier molecular flexibility index (Phi) is 6.25. The van der Waals surface area contributed by atoms with E-state index in [1.807, 2.05) is 19.1 Å². The largest absolute Gasteiger partial charge is 0.443 e. The minimum absolute atomic E-state index is 0.156. The first-order valence-electron chi connectivity index (χ1n) is 12.2. The van der Waals surface area contributed by atoms with Gasteiger partial charge in [0.05, 0.1) is 28.7 Å². The number of primary amides is 1. The SMILES string of the molecule is CC(C)Nc1cc(-n2ncc3cc(C#N)cnc32)ncc1-c1cc(C2CCC(C)(OC(N)=O)CC2)no1. The molecule has 4 aromatic rings. The van der Waals surface area contributed by atoms with Crippen molar-refractivity contribution in [2.45, 2.75) is 64.0 Å². The van der Waals surface area contributed by atoms with Crippen LogP contribution in [0, 0.1) is 11.3 Å². The van der Waals surface area contributed by atoms with Crippen LogP contribution >= 0.6 is 0 Å². The van der Waals surface area contributed by atoms with Crippen LogP contribution in [0.15, 0.2) is 41.3 Å². The molecule has 11 nitrogen and oxygen atoms in total. The summed E-state index contributed by atoms with van der Waals surface area (Å²) >= 11 is 0. The molecule has 0 saturated heterocycles. The first-order chi connectivity index (χ1) is 17.7. The summed E-state index contributed by atoms with van der Waals surface area (Å²) in [4.78, 5) is 20.3. The van der Waals surface area contributed by atoms with Gasteiger partial charge in [0.15, 0.2) is 17.2 Å². The lowest BCUT2D eigenvalue weighted by atomic mass is 9.78. The fourth-order valence-corrected chi connectivity index (χ4v) is 4.81. The van der Waals surface area contributed by atoms with Crippen LogP contribution in [0.2, 0.25) is 0 Å². The predicted octanol–water partition coefficient (Wildman–Crippen LogP) is 4.67. The molecule has 4 aromatic heterocycles. The average Bonchev–Trinajstić information content (AvgIpc) is 3.50. The third-order valence-electron chi connectivity index (χ3n) is 6.69. The second-order valence-corrected chi connectivity index (χ2v) is 9.95. The molecule has 0 spiro atoms. The highest BCUT2D eigenvalue weighted by molar-refractivity contribution is 5.79. The Morgan fingerprint density at radius 1 is 1.24 bits per heavy atom. The number of rotatable bonds is 6. The van der Waals surface area contributed by atoms with Gasteiger partial charge in [-0.1, -0.05) is 5.16 Å². The summed E-state index contributed by atoms with van der Waals surface area (Å²) in [5, 5.41) is 22.2. The van der Waals surface area contributed by atoms with E-state index in [-0.39, 0.29) is 12.0 Å². The van der Waals surface area contributed by atoms with Crippen molar-refractivity contribution in [1.29, 1.82) is 5.26 Å². The second-order valence-electron chi connectivity index (χ2n) is 9.95. The molecule has 5 rings (SSSR count). The van der Waals surface area contributed by atoms with E-state index in [9.17, 15) is 4.79 Å². The smallest absolute Gasteiger partial charge is 0.405 e. The van der Waals surface area contributed by atoms with E-state index in [2.05, 4.69) is 45.5 Å². The molecular formula is C26H28N8O3. The first-order valence-corrected chi connectivity index (χ1v) is 12.2. The molecule has 0 atom stereocenters. The van der Waals surface area contributed by atoms with Crippen LogP contribution in [0.4, 0.5) is 10.5 Å². The van der Waals surface area contributed by atoms with E-state index in [4.69, 9.17) is 20.3 Å². The summed E-state index contributed by atoms with van der Waals surface area (Å²) in [5.41, 5.74) is 8.25. The number of nitriles is 1. The number of fused-ring (bicyclic) bond motifs is 1. The van der Waals surface area contributed by atoms with Crippen molar-refractivity contribution in [1.82, 2.24) is 24.9 Å². The molecule has 4 heterocycles. The minimum Gasteiger partial charge on any atom is -0.443 e. The molecule has 37 heavy (non-hydrogen) atoms. The quantitative estimate of drug-likeness (QED) is 0.383. The number of amides is 1. The molecule has 1 aliphatic carbocycles. The Balaban J connectivity index is 1.42. The predicted molar refractivity (Wildman–Crippen MR) is 136 cm³/mol. The Morgan fingerprint density at radius 2 is 2.03 bits per heavy atom. The van der Waals surface area contributed by atoms with Crippen molar-refractivity contribution in [3.05, 3.63) is 48.0 Å². The van der Waals surface area contributed by atoms with Gasteiger partial charge < -0.3 is 20.3 Å². The summed E-state index contributed by atoms with van der Waals surface area (Å²) in [7, 11) is 0. The highest BCUT2D eigenvalue weighted by Gasteiger charge is 2.35. The number of hydrogen-bond acceptors (Lipinski definition) is 9. The topological polar surface area (TPSA) is 158 Å². The summed E-state index contributed by atoms with van der Waals surface area (Å²) in [6.45, 7) is 6.02. The lowest BCUT2D eigenvalue weighted by molar-refractivity contribution is -0.00147. The van der Waals surface area contributed by atoms with Crippen molar-refractivity contribution < 1.29 is 14.1 Å². The van der Waals surface area contributed by atoms with Crippen LogP contribution in [0.5, 0.6) is 0 Å². The molecule has 0 unspecified atom stereocenters. The standard InChI is InChI=1S/C26H28N8O3/c1-15(2)32-21-10-23(34-24-18(13-31-34)8-16(11-27)12-30-24)29-14-19(21)22-9-20(33-37-22)17-4-6-26(3,7-5-17)36-25(28)35/h8-10,12-15,17H,4-7H2,1-3H3,(H2,28,35)(H,29,32). The average molecular weight is 501 g/mol. The van der Waals surface area contributed by atoms with Gasteiger partial charge in [-0.05, 0) is 52.5 Å². The Hall–Kier alpha value is -4.46. The maximum absolute atomic E-state index is 11.2. The van der Waals surface area contributed by atoms with E-state index < -0.39 is 11.7 Å². The lowest BCUT2D eigenvalue weighted by Crippen LogP contribution is -2.37. The van der Waals surface area contributed by atoms with Crippen molar-refractivity contribution in [2.75, 3.05) is 5.32 Å². The molecule has 11 heteroatoms. The van der Waals surface area contributed by atoms with E-state index >= 15 is 0 Å². The summed E-state index contributed by atoms with van der Waals surface area (Å²) in [6, 6.07) is 7.86. The van der Waals surface area contributed by atoms with Crippen molar-refractivity contribution in [3.63, 3.8) is 0 Å². The molecule has 0 aliphatic heterocycles.